The predicted molar refractivity (Wildman–Crippen MR) is 265 cm³/mol. The Morgan fingerprint density at radius 2 is 0.871 bits per heavy atom. The Bertz CT molecular complexity index is 2520. The van der Waals surface area contributed by atoms with Crippen LogP contribution in [0.2, 0.25) is 0 Å². The summed E-state index contributed by atoms with van der Waals surface area (Å²) in [6, 6.07) is 8.45. The second-order valence-electron chi connectivity index (χ2n) is 21.3. The average molecular weight is 971 g/mol. The molecule has 18 heteroatoms. The van der Waals surface area contributed by atoms with Crippen LogP contribution in [0.5, 0.6) is 11.5 Å². The number of rotatable bonds is 14. The van der Waals surface area contributed by atoms with Crippen LogP contribution in [-0.4, -0.2) is 117 Å². The monoisotopic (exact) mass is 971 g/mol. The molecule has 0 spiro atoms. The van der Waals surface area contributed by atoms with Crippen molar-refractivity contribution in [1.82, 2.24) is 18.9 Å². The molecular formula is C52H70N6O12. The summed E-state index contributed by atoms with van der Waals surface area (Å²) in [6.45, 7) is 21.0. The van der Waals surface area contributed by atoms with Crippen LogP contribution in [0.25, 0.3) is 21.8 Å². The molecule has 1 aliphatic rings. The molecule has 5 rings (SSSR count). The van der Waals surface area contributed by atoms with Gasteiger partial charge in [-0.15, -0.1) is 0 Å². The number of nitrogens with two attached hydrogens (primary N) is 2. The van der Waals surface area contributed by atoms with Crippen molar-refractivity contribution in [1.29, 1.82) is 0 Å². The molecule has 380 valence electrons. The fourth-order valence-corrected chi connectivity index (χ4v) is 7.59. The third-order valence-corrected chi connectivity index (χ3v) is 10.8. The molecule has 0 bridgehead atoms. The molecule has 2 atom stereocenters. The van der Waals surface area contributed by atoms with E-state index in [9.17, 15) is 28.8 Å². The number of amides is 2. The molecular weight excluding hydrogens is 901 g/mol. The minimum Gasteiger partial charge on any atom is -0.497 e. The fourth-order valence-electron chi connectivity index (χ4n) is 7.59. The minimum atomic E-state index is -0.984. The normalized spacial score (nSPS) is 14.4. The van der Waals surface area contributed by atoms with E-state index >= 15 is 0 Å². The summed E-state index contributed by atoms with van der Waals surface area (Å²) in [7, 11) is 3.05. The van der Waals surface area contributed by atoms with Crippen LogP contribution in [0.4, 0.5) is 19.2 Å². The van der Waals surface area contributed by atoms with Gasteiger partial charge in [-0.25, -0.2) is 19.2 Å². The lowest BCUT2D eigenvalue weighted by Gasteiger charge is -2.29. The predicted octanol–water partition coefficient (Wildman–Crippen LogP) is 8.79. The van der Waals surface area contributed by atoms with Crippen molar-refractivity contribution in [2.45, 2.75) is 144 Å². The van der Waals surface area contributed by atoms with Crippen molar-refractivity contribution in [2.24, 2.45) is 11.5 Å². The molecule has 2 aromatic carbocycles. The Morgan fingerprint density at radius 1 is 0.543 bits per heavy atom. The number of ketones is 2. The Kier molecular flexibility index (Phi) is 16.4. The highest BCUT2D eigenvalue weighted by Crippen LogP contribution is 2.31. The van der Waals surface area contributed by atoms with E-state index in [1.807, 2.05) is 0 Å². The Hall–Kier alpha value is -6.66. The first kappa shape index (κ1) is 54.3. The van der Waals surface area contributed by atoms with Crippen LogP contribution >= 0.6 is 0 Å². The first-order valence-corrected chi connectivity index (χ1v) is 23.2. The number of aromatic nitrogens is 2. The summed E-state index contributed by atoms with van der Waals surface area (Å²) in [5, 5.41) is 1.27. The van der Waals surface area contributed by atoms with Gasteiger partial charge in [0.05, 0.1) is 38.3 Å². The van der Waals surface area contributed by atoms with Crippen molar-refractivity contribution < 1.29 is 57.2 Å². The Labute approximate surface area is 409 Å². The largest absolute Gasteiger partial charge is 0.497 e. The van der Waals surface area contributed by atoms with Crippen LogP contribution in [0.15, 0.2) is 72.1 Å². The van der Waals surface area contributed by atoms with E-state index < -0.39 is 70.4 Å². The maximum atomic E-state index is 13.8. The molecule has 2 aromatic heterocycles. The van der Waals surface area contributed by atoms with Gasteiger partial charge in [0.2, 0.25) is 0 Å². The van der Waals surface area contributed by atoms with Crippen LogP contribution in [0.1, 0.15) is 107 Å². The molecule has 2 amide bonds. The van der Waals surface area contributed by atoms with Crippen molar-refractivity contribution in [2.75, 3.05) is 27.3 Å². The van der Waals surface area contributed by atoms with Crippen LogP contribution in [0.3, 0.4) is 0 Å². The zero-order valence-electron chi connectivity index (χ0n) is 43.0. The molecule has 2 unspecified atom stereocenters. The van der Waals surface area contributed by atoms with E-state index in [0.29, 0.717) is 44.4 Å². The number of methoxy groups -OCH3 is 2. The molecule has 70 heavy (non-hydrogen) atoms. The Morgan fingerprint density at radius 3 is 1.17 bits per heavy atom. The number of hydrogen-bond donors (Lipinski definition) is 2. The lowest BCUT2D eigenvalue weighted by Crippen LogP contribution is -2.41. The number of benzene rings is 2. The van der Waals surface area contributed by atoms with Gasteiger partial charge in [0.25, 0.3) is 0 Å². The van der Waals surface area contributed by atoms with Gasteiger partial charge in [-0.05, 0) is 156 Å². The van der Waals surface area contributed by atoms with Crippen molar-refractivity contribution in [3.8, 4) is 11.5 Å². The fraction of sp³-hybridized carbons (Fsp3) is 0.500. The zero-order chi connectivity index (χ0) is 52.3. The van der Waals surface area contributed by atoms with Gasteiger partial charge in [0.15, 0.2) is 11.6 Å². The third-order valence-electron chi connectivity index (χ3n) is 10.8. The highest BCUT2D eigenvalue weighted by molar-refractivity contribution is 6.21. The lowest BCUT2D eigenvalue weighted by molar-refractivity contribution is -0.115. The number of carbonyl (C=O) groups is 6. The number of ether oxygens (including phenoxy) is 6. The molecule has 4 N–H and O–H groups in total. The van der Waals surface area contributed by atoms with E-state index in [0.717, 1.165) is 0 Å². The number of fused-ring (bicyclic) bond motifs is 2. The summed E-state index contributed by atoms with van der Waals surface area (Å²) in [4.78, 5) is 84.6. The number of allylic oxidation sites excluding steroid dienone is 2. The molecule has 18 nitrogen and oxygen atoms in total. The van der Waals surface area contributed by atoms with Gasteiger partial charge in [0.1, 0.15) is 33.9 Å². The highest BCUT2D eigenvalue weighted by Gasteiger charge is 2.32. The van der Waals surface area contributed by atoms with Crippen LogP contribution < -0.4 is 20.9 Å². The van der Waals surface area contributed by atoms with Gasteiger partial charge in [-0.2, -0.15) is 0 Å². The summed E-state index contributed by atoms with van der Waals surface area (Å²) >= 11 is 0. The van der Waals surface area contributed by atoms with Gasteiger partial charge in [-0.1, -0.05) is 0 Å². The summed E-state index contributed by atoms with van der Waals surface area (Å²) < 4.78 is 36.6. The van der Waals surface area contributed by atoms with Gasteiger partial charge >= 0.3 is 24.4 Å². The lowest BCUT2D eigenvalue weighted by atomic mass is 9.87. The molecule has 2 heterocycles. The molecule has 1 aliphatic carbocycles. The summed E-state index contributed by atoms with van der Waals surface area (Å²) in [5.41, 5.74) is 12.3. The maximum absolute atomic E-state index is 13.8. The molecule has 0 aliphatic heterocycles. The number of nitrogens with zero attached hydrogens (tertiary/aromatic N) is 4. The minimum absolute atomic E-state index is 0.00220. The first-order chi connectivity index (χ1) is 32.4. The summed E-state index contributed by atoms with van der Waals surface area (Å²) in [6.07, 6.45) is 3.10. The topological polar surface area (TPSA) is 226 Å². The Balaban J connectivity index is 1.35. The summed E-state index contributed by atoms with van der Waals surface area (Å²) in [5.74, 6) is 0.0106. The van der Waals surface area contributed by atoms with Crippen molar-refractivity contribution in [3.63, 3.8) is 0 Å². The van der Waals surface area contributed by atoms with Crippen LogP contribution in [-0.2, 0) is 41.6 Å². The molecule has 0 saturated carbocycles. The van der Waals surface area contributed by atoms with E-state index in [-0.39, 0.29) is 50.2 Å². The average Bonchev–Trinajstić information content (AvgIpc) is 3.79. The van der Waals surface area contributed by atoms with E-state index in [4.69, 9.17) is 39.9 Å². The molecule has 4 aromatic rings. The van der Waals surface area contributed by atoms with Crippen LogP contribution in [0, 0.1) is 0 Å². The van der Waals surface area contributed by atoms with E-state index in [1.54, 1.807) is 132 Å². The second-order valence-corrected chi connectivity index (χ2v) is 21.3. The van der Waals surface area contributed by atoms with E-state index in [2.05, 4.69) is 0 Å². The zero-order valence-corrected chi connectivity index (χ0v) is 43.0. The smallest absolute Gasteiger partial charge is 0.419 e. The maximum Gasteiger partial charge on any atom is 0.419 e. The van der Waals surface area contributed by atoms with Gasteiger partial charge < -0.3 is 49.7 Å². The molecule has 0 fully saturated rings. The van der Waals surface area contributed by atoms with Gasteiger partial charge in [0, 0.05) is 59.5 Å². The number of hydrogen-bond acceptors (Lipinski definition) is 14. The SMILES string of the molecule is COc1ccc2c(c1)c(CN(CCC(N)C1=CC(=O)C(C(N)CCN(Cc3cn(C(=O)OC(C)(C)C)c4ccc(OC)cc34)C(=O)OC(C)(C)C)=CC1=O)C(=O)OC(C)(C)C)cn2C(=O)OC(C)(C)C. The first-order valence-electron chi connectivity index (χ1n) is 23.2. The third kappa shape index (κ3) is 14.2. The second kappa shape index (κ2) is 21.1. The molecule has 0 saturated heterocycles. The quantitative estimate of drug-likeness (QED) is 0.0890. The standard InChI is InChI=1S/C52H70N6O12/c1-49(2,3)67-45(61)55(27-31-29-57(47(63)69-51(7,8)9)41-17-15-33(65-13)23-35(31)41)21-19-39(53)37-25-44(60)38(26-43(37)59)40(54)20-22-56(46(62)68-50(4,5)6)28-32-30-58(48(64)70-52(10,11)12)42-18-16-34(66-14)24-36(32)42/h15-18,23-26,29-30,39-40H,19-22,27-28,53-54H2,1-14H3. The van der Waals surface area contributed by atoms with Crippen molar-refractivity contribution >= 4 is 57.7 Å². The van der Waals surface area contributed by atoms with E-state index in [1.165, 1.54) is 45.3 Å². The van der Waals surface area contributed by atoms with Gasteiger partial charge in [-0.3, -0.25) is 18.7 Å². The highest BCUT2D eigenvalue weighted by atomic mass is 16.6. The molecule has 0 radical (unpaired) electrons. The number of carbonyl (C=O) groups excluding carboxylic acids is 6. The van der Waals surface area contributed by atoms with Crippen molar-refractivity contribution in [3.05, 3.63) is 83.2 Å².